The van der Waals surface area contributed by atoms with Crippen LogP contribution in [-0.4, -0.2) is 19.7 Å². The number of aryl methyl sites for hydroxylation is 1. The summed E-state index contributed by atoms with van der Waals surface area (Å²) in [6, 6.07) is 0.219. The number of hydrogen-bond acceptors (Lipinski definition) is 5. The standard InChI is InChI=1S/C11H15N5S/c1-8(12-5-9-6-17-7-13-9)11-15-14-10-3-2-4-16(10)11/h6-8,12H,2-5H2,1H3. The van der Waals surface area contributed by atoms with Gasteiger partial charge in [-0.2, -0.15) is 0 Å². The Labute approximate surface area is 104 Å². The Kier molecular flexibility index (Phi) is 2.90. The van der Waals surface area contributed by atoms with Crippen molar-refractivity contribution < 1.29 is 0 Å². The first-order chi connectivity index (χ1) is 8.34. The third kappa shape index (κ3) is 2.10. The van der Waals surface area contributed by atoms with E-state index in [2.05, 4.69) is 37.4 Å². The second kappa shape index (κ2) is 4.54. The summed E-state index contributed by atoms with van der Waals surface area (Å²) in [5.74, 6) is 2.18. The minimum Gasteiger partial charge on any atom is -0.314 e. The van der Waals surface area contributed by atoms with E-state index >= 15 is 0 Å². The highest BCUT2D eigenvalue weighted by Crippen LogP contribution is 2.19. The van der Waals surface area contributed by atoms with Gasteiger partial charge in [0.25, 0.3) is 0 Å². The Morgan fingerprint density at radius 3 is 3.29 bits per heavy atom. The summed E-state index contributed by atoms with van der Waals surface area (Å²) < 4.78 is 2.23. The normalized spacial score (nSPS) is 16.1. The third-order valence-corrected chi connectivity index (χ3v) is 3.73. The van der Waals surface area contributed by atoms with Crippen molar-refractivity contribution in [3.63, 3.8) is 0 Å². The Balaban J connectivity index is 1.67. The lowest BCUT2D eigenvalue weighted by atomic mass is 10.3. The van der Waals surface area contributed by atoms with Crippen LogP contribution < -0.4 is 5.32 Å². The van der Waals surface area contributed by atoms with Crippen LogP contribution in [0.5, 0.6) is 0 Å². The summed E-state index contributed by atoms with van der Waals surface area (Å²) >= 11 is 1.62. The van der Waals surface area contributed by atoms with Crippen LogP contribution in [0.2, 0.25) is 0 Å². The quantitative estimate of drug-likeness (QED) is 0.893. The molecule has 0 bridgehead atoms. The molecule has 0 radical (unpaired) electrons. The zero-order chi connectivity index (χ0) is 11.7. The van der Waals surface area contributed by atoms with Crippen LogP contribution in [0.1, 0.15) is 36.7 Å². The topological polar surface area (TPSA) is 55.6 Å². The van der Waals surface area contributed by atoms with Crippen molar-refractivity contribution in [3.05, 3.63) is 28.2 Å². The molecular formula is C11H15N5S. The van der Waals surface area contributed by atoms with E-state index in [1.165, 1.54) is 6.42 Å². The average Bonchev–Trinajstić information content (AvgIpc) is 3.02. The summed E-state index contributed by atoms with van der Waals surface area (Å²) in [7, 11) is 0. The van der Waals surface area contributed by atoms with Crippen LogP contribution in [0, 0.1) is 0 Å². The molecule has 2 aromatic rings. The summed E-state index contributed by atoms with van der Waals surface area (Å²) in [5.41, 5.74) is 2.94. The number of hydrogen-bond donors (Lipinski definition) is 1. The molecule has 0 aliphatic carbocycles. The summed E-state index contributed by atoms with van der Waals surface area (Å²) in [5, 5.41) is 14.0. The van der Waals surface area contributed by atoms with Gasteiger partial charge in [-0.05, 0) is 13.3 Å². The highest BCUT2D eigenvalue weighted by Gasteiger charge is 2.20. The molecule has 90 valence electrons. The fourth-order valence-electron chi connectivity index (χ4n) is 2.17. The van der Waals surface area contributed by atoms with Crippen molar-refractivity contribution in [1.82, 2.24) is 25.1 Å². The van der Waals surface area contributed by atoms with Crippen LogP contribution >= 0.6 is 11.3 Å². The second-order valence-electron chi connectivity index (χ2n) is 4.31. The molecule has 1 aliphatic rings. The molecular weight excluding hydrogens is 234 g/mol. The molecule has 1 aliphatic heterocycles. The summed E-state index contributed by atoms with van der Waals surface area (Å²) in [6.45, 7) is 3.97. The number of nitrogens with one attached hydrogen (secondary N) is 1. The zero-order valence-electron chi connectivity index (χ0n) is 9.76. The molecule has 1 N–H and O–H groups in total. The monoisotopic (exact) mass is 249 g/mol. The highest BCUT2D eigenvalue weighted by molar-refractivity contribution is 7.07. The van der Waals surface area contributed by atoms with Crippen molar-refractivity contribution in [2.24, 2.45) is 0 Å². The van der Waals surface area contributed by atoms with Gasteiger partial charge in [-0.15, -0.1) is 21.5 Å². The van der Waals surface area contributed by atoms with Crippen molar-refractivity contribution in [1.29, 1.82) is 0 Å². The predicted octanol–water partition coefficient (Wildman–Crippen LogP) is 1.53. The molecule has 2 aromatic heterocycles. The Morgan fingerprint density at radius 1 is 1.53 bits per heavy atom. The fourth-order valence-corrected chi connectivity index (χ4v) is 2.73. The molecule has 0 aromatic carbocycles. The van der Waals surface area contributed by atoms with Gasteiger partial charge in [0.1, 0.15) is 11.6 Å². The van der Waals surface area contributed by atoms with Crippen molar-refractivity contribution in [2.45, 2.75) is 38.9 Å². The van der Waals surface area contributed by atoms with Crippen LogP contribution in [-0.2, 0) is 19.5 Å². The molecule has 1 unspecified atom stereocenters. The number of rotatable bonds is 4. The van der Waals surface area contributed by atoms with Gasteiger partial charge in [-0.1, -0.05) is 0 Å². The number of thiazole rings is 1. The molecule has 0 fully saturated rings. The van der Waals surface area contributed by atoms with Gasteiger partial charge in [0.05, 0.1) is 17.2 Å². The highest BCUT2D eigenvalue weighted by atomic mass is 32.1. The minimum absolute atomic E-state index is 0.219. The zero-order valence-corrected chi connectivity index (χ0v) is 10.6. The molecule has 3 rings (SSSR count). The van der Waals surface area contributed by atoms with E-state index in [4.69, 9.17) is 0 Å². The van der Waals surface area contributed by atoms with Crippen molar-refractivity contribution >= 4 is 11.3 Å². The van der Waals surface area contributed by atoms with Crippen LogP contribution in [0.25, 0.3) is 0 Å². The van der Waals surface area contributed by atoms with Gasteiger partial charge in [-0.3, -0.25) is 0 Å². The molecule has 1 atom stereocenters. The van der Waals surface area contributed by atoms with Crippen LogP contribution in [0.3, 0.4) is 0 Å². The van der Waals surface area contributed by atoms with Gasteiger partial charge in [-0.25, -0.2) is 4.98 Å². The maximum Gasteiger partial charge on any atom is 0.149 e. The van der Waals surface area contributed by atoms with E-state index in [0.717, 1.165) is 36.9 Å². The van der Waals surface area contributed by atoms with E-state index in [-0.39, 0.29) is 6.04 Å². The van der Waals surface area contributed by atoms with Crippen molar-refractivity contribution in [2.75, 3.05) is 0 Å². The van der Waals surface area contributed by atoms with Gasteiger partial charge in [0.15, 0.2) is 0 Å². The third-order valence-electron chi connectivity index (χ3n) is 3.10. The van der Waals surface area contributed by atoms with Gasteiger partial charge in [0, 0.05) is 24.9 Å². The molecule has 0 saturated heterocycles. The maximum atomic E-state index is 4.27. The molecule has 17 heavy (non-hydrogen) atoms. The van der Waals surface area contributed by atoms with Gasteiger partial charge < -0.3 is 9.88 Å². The smallest absolute Gasteiger partial charge is 0.149 e. The van der Waals surface area contributed by atoms with Crippen LogP contribution in [0.15, 0.2) is 10.9 Å². The van der Waals surface area contributed by atoms with E-state index in [1.807, 2.05) is 5.51 Å². The van der Waals surface area contributed by atoms with E-state index in [9.17, 15) is 0 Å². The second-order valence-corrected chi connectivity index (χ2v) is 5.03. The number of nitrogens with zero attached hydrogens (tertiary/aromatic N) is 4. The molecule has 0 amide bonds. The van der Waals surface area contributed by atoms with E-state index < -0.39 is 0 Å². The first kappa shape index (κ1) is 10.9. The maximum absolute atomic E-state index is 4.27. The SMILES string of the molecule is CC(NCc1cscn1)c1nnc2n1CCC2. The van der Waals surface area contributed by atoms with E-state index in [1.54, 1.807) is 11.3 Å². The lowest BCUT2D eigenvalue weighted by Crippen LogP contribution is -2.21. The Bertz CT molecular complexity index is 490. The lowest BCUT2D eigenvalue weighted by molar-refractivity contribution is 0.512. The van der Waals surface area contributed by atoms with Crippen LogP contribution in [0.4, 0.5) is 0 Å². The Hall–Kier alpha value is -1.27. The molecule has 3 heterocycles. The van der Waals surface area contributed by atoms with Gasteiger partial charge >= 0.3 is 0 Å². The first-order valence-corrected chi connectivity index (χ1v) is 6.81. The fraction of sp³-hybridized carbons (Fsp3) is 0.545. The number of fused-ring (bicyclic) bond motifs is 1. The van der Waals surface area contributed by atoms with Crippen molar-refractivity contribution in [3.8, 4) is 0 Å². The largest absolute Gasteiger partial charge is 0.314 e. The minimum atomic E-state index is 0.219. The molecule has 5 nitrogen and oxygen atoms in total. The molecule has 6 heteroatoms. The average molecular weight is 249 g/mol. The van der Waals surface area contributed by atoms with E-state index in [0.29, 0.717) is 0 Å². The lowest BCUT2D eigenvalue weighted by Gasteiger charge is -2.12. The Morgan fingerprint density at radius 2 is 2.47 bits per heavy atom. The number of aromatic nitrogens is 4. The molecule has 0 spiro atoms. The first-order valence-electron chi connectivity index (χ1n) is 5.87. The predicted molar refractivity (Wildman–Crippen MR) is 65.7 cm³/mol. The molecule has 0 saturated carbocycles. The summed E-state index contributed by atoms with van der Waals surface area (Å²) in [6.07, 6.45) is 2.25. The van der Waals surface area contributed by atoms with Gasteiger partial charge in [0.2, 0.25) is 0 Å². The summed E-state index contributed by atoms with van der Waals surface area (Å²) in [4.78, 5) is 4.26.